The quantitative estimate of drug-likeness (QED) is 0.487. The summed E-state index contributed by atoms with van der Waals surface area (Å²) in [6.07, 6.45) is 4.33. The Kier molecular flexibility index (Phi) is 7.99. The summed E-state index contributed by atoms with van der Waals surface area (Å²) in [6.45, 7) is 12.3. The molecule has 0 saturated carbocycles. The molecule has 178 valence electrons. The molecule has 0 bridgehead atoms. The van der Waals surface area contributed by atoms with Crippen molar-refractivity contribution in [1.29, 1.82) is 5.26 Å². The Bertz CT molecular complexity index is 1160. The average Bonchev–Trinajstić information content (AvgIpc) is 3.53. The molecule has 1 fully saturated rings. The number of fused-ring (bicyclic) bond motifs is 1. The molecule has 5 nitrogen and oxygen atoms in total. The molecule has 1 unspecified atom stereocenters. The standard InChI is InChI=1S/C26H28N4OS.C2H6/c1-17(2)31-24-9-6-18(14-19(24)15-27)26-29-16-25(32-26)22-5-3-4-21-20(22)7-8-23(21)30-12-10-28-11-13-30;1-2/h3-6,9,14,16-17,23,28H,7-8,10-13H2,1-2H3;1-2H3. The van der Waals surface area contributed by atoms with E-state index in [0.29, 0.717) is 17.4 Å². The number of hydrogen-bond acceptors (Lipinski definition) is 6. The number of rotatable bonds is 5. The summed E-state index contributed by atoms with van der Waals surface area (Å²) in [4.78, 5) is 8.54. The molecule has 1 aromatic heterocycles. The summed E-state index contributed by atoms with van der Waals surface area (Å²) in [7, 11) is 0. The van der Waals surface area contributed by atoms with E-state index in [9.17, 15) is 5.26 Å². The maximum absolute atomic E-state index is 9.57. The molecule has 1 aliphatic carbocycles. The summed E-state index contributed by atoms with van der Waals surface area (Å²) in [5.41, 5.74) is 5.78. The number of thiazole rings is 1. The van der Waals surface area contributed by atoms with Gasteiger partial charge in [0.1, 0.15) is 16.8 Å². The van der Waals surface area contributed by atoms with E-state index >= 15 is 0 Å². The Hall–Kier alpha value is -2.72. The minimum absolute atomic E-state index is 0.0321. The van der Waals surface area contributed by atoms with Crippen molar-refractivity contribution in [3.63, 3.8) is 0 Å². The van der Waals surface area contributed by atoms with Gasteiger partial charge < -0.3 is 10.1 Å². The van der Waals surface area contributed by atoms with Crippen LogP contribution in [0.4, 0.5) is 0 Å². The van der Waals surface area contributed by atoms with Crippen LogP contribution in [-0.2, 0) is 6.42 Å². The number of ether oxygens (including phenoxy) is 1. The second-order valence-corrected chi connectivity index (χ2v) is 9.76. The maximum Gasteiger partial charge on any atom is 0.137 e. The van der Waals surface area contributed by atoms with Crippen molar-refractivity contribution in [3.05, 3.63) is 59.3 Å². The molecule has 6 heteroatoms. The smallest absolute Gasteiger partial charge is 0.137 e. The largest absolute Gasteiger partial charge is 0.490 e. The fraction of sp³-hybridized carbons (Fsp3) is 0.429. The van der Waals surface area contributed by atoms with Crippen LogP contribution in [0.3, 0.4) is 0 Å². The summed E-state index contributed by atoms with van der Waals surface area (Å²) in [5.74, 6) is 0.628. The number of aromatic nitrogens is 1. The van der Waals surface area contributed by atoms with Gasteiger partial charge in [0.25, 0.3) is 0 Å². The van der Waals surface area contributed by atoms with Gasteiger partial charge in [0.2, 0.25) is 0 Å². The number of benzene rings is 2. The van der Waals surface area contributed by atoms with Crippen LogP contribution in [0.2, 0.25) is 0 Å². The van der Waals surface area contributed by atoms with Gasteiger partial charge in [0.05, 0.1) is 16.5 Å². The van der Waals surface area contributed by atoms with Crippen molar-refractivity contribution in [2.75, 3.05) is 26.2 Å². The Balaban J connectivity index is 0.00000133. The third-order valence-corrected chi connectivity index (χ3v) is 7.39. The number of piperazine rings is 1. The van der Waals surface area contributed by atoms with Crippen molar-refractivity contribution in [3.8, 4) is 32.8 Å². The molecular weight excluding hydrogens is 440 g/mol. The Morgan fingerprint density at radius 3 is 2.71 bits per heavy atom. The molecule has 1 N–H and O–H groups in total. The highest BCUT2D eigenvalue weighted by Gasteiger charge is 2.30. The van der Waals surface area contributed by atoms with Crippen LogP contribution in [0.5, 0.6) is 5.75 Å². The second-order valence-electron chi connectivity index (χ2n) is 8.73. The number of nitriles is 1. The van der Waals surface area contributed by atoms with E-state index in [1.54, 1.807) is 11.3 Å². The molecular formula is C28H34N4OS. The third kappa shape index (κ3) is 5.02. The van der Waals surface area contributed by atoms with Crippen LogP contribution in [0.1, 0.15) is 56.8 Å². The molecule has 2 aromatic carbocycles. The van der Waals surface area contributed by atoms with E-state index in [-0.39, 0.29) is 6.10 Å². The first kappa shape index (κ1) is 24.4. The minimum Gasteiger partial charge on any atom is -0.490 e. The zero-order chi connectivity index (χ0) is 24.1. The van der Waals surface area contributed by atoms with Gasteiger partial charge in [-0.1, -0.05) is 32.0 Å². The lowest BCUT2D eigenvalue weighted by Crippen LogP contribution is -2.44. The van der Waals surface area contributed by atoms with Gasteiger partial charge in [-0.05, 0) is 61.6 Å². The topological polar surface area (TPSA) is 61.2 Å². The number of nitrogens with zero attached hydrogens (tertiary/aromatic N) is 3. The molecule has 0 amide bonds. The molecule has 0 spiro atoms. The van der Waals surface area contributed by atoms with Gasteiger partial charge in [-0.25, -0.2) is 4.98 Å². The molecule has 34 heavy (non-hydrogen) atoms. The van der Waals surface area contributed by atoms with Gasteiger partial charge in [-0.15, -0.1) is 11.3 Å². The van der Waals surface area contributed by atoms with Gasteiger partial charge in [0, 0.05) is 44.0 Å². The van der Waals surface area contributed by atoms with E-state index in [2.05, 4.69) is 34.5 Å². The molecule has 1 atom stereocenters. The summed E-state index contributed by atoms with van der Waals surface area (Å²) in [6, 6.07) is 15.3. The van der Waals surface area contributed by atoms with Crippen molar-refractivity contribution in [2.24, 2.45) is 0 Å². The normalized spacial score (nSPS) is 17.6. The SMILES string of the molecule is CC.CC(C)Oc1ccc(-c2ncc(-c3cccc4c3CCC4N3CCNCC3)s2)cc1C#N. The predicted octanol–water partition coefficient (Wildman–Crippen LogP) is 6.05. The average molecular weight is 475 g/mol. The van der Waals surface area contributed by atoms with E-state index in [1.807, 2.05) is 52.1 Å². The second kappa shape index (κ2) is 11.1. The van der Waals surface area contributed by atoms with Crippen molar-refractivity contribution < 1.29 is 4.74 Å². The Morgan fingerprint density at radius 2 is 1.97 bits per heavy atom. The van der Waals surface area contributed by atoms with E-state index in [1.165, 1.54) is 28.0 Å². The van der Waals surface area contributed by atoms with Crippen LogP contribution in [-0.4, -0.2) is 42.2 Å². The van der Waals surface area contributed by atoms with E-state index in [4.69, 9.17) is 9.72 Å². The monoisotopic (exact) mass is 474 g/mol. The zero-order valence-electron chi connectivity index (χ0n) is 20.6. The fourth-order valence-electron chi connectivity index (χ4n) is 4.88. The molecule has 1 saturated heterocycles. The fourth-order valence-corrected chi connectivity index (χ4v) is 5.84. The minimum atomic E-state index is 0.0321. The first-order chi connectivity index (χ1) is 16.6. The van der Waals surface area contributed by atoms with Gasteiger partial charge >= 0.3 is 0 Å². The van der Waals surface area contributed by atoms with E-state index in [0.717, 1.165) is 43.2 Å². The van der Waals surface area contributed by atoms with Crippen LogP contribution >= 0.6 is 11.3 Å². The van der Waals surface area contributed by atoms with Crippen LogP contribution in [0.25, 0.3) is 21.0 Å². The Morgan fingerprint density at radius 1 is 1.18 bits per heavy atom. The van der Waals surface area contributed by atoms with Crippen molar-refractivity contribution in [1.82, 2.24) is 15.2 Å². The molecule has 1 aliphatic heterocycles. The number of hydrogen-bond donors (Lipinski definition) is 1. The summed E-state index contributed by atoms with van der Waals surface area (Å²) in [5, 5.41) is 14.0. The first-order valence-corrected chi connectivity index (χ1v) is 13.2. The van der Waals surface area contributed by atoms with Gasteiger partial charge in [-0.2, -0.15) is 5.26 Å². The van der Waals surface area contributed by atoms with Crippen molar-refractivity contribution in [2.45, 2.75) is 52.7 Å². The maximum atomic E-state index is 9.57. The summed E-state index contributed by atoms with van der Waals surface area (Å²) >= 11 is 1.70. The lowest BCUT2D eigenvalue weighted by molar-refractivity contribution is 0.173. The number of nitrogens with one attached hydrogen (secondary N) is 1. The lowest BCUT2D eigenvalue weighted by atomic mass is 10.0. The Labute approximate surface area is 207 Å². The zero-order valence-corrected chi connectivity index (χ0v) is 21.4. The first-order valence-electron chi connectivity index (χ1n) is 12.4. The third-order valence-electron chi connectivity index (χ3n) is 6.31. The molecule has 0 radical (unpaired) electrons. The molecule has 2 aliphatic rings. The predicted molar refractivity (Wildman–Crippen MR) is 140 cm³/mol. The molecule has 2 heterocycles. The van der Waals surface area contributed by atoms with Gasteiger partial charge in [0.15, 0.2) is 0 Å². The lowest BCUT2D eigenvalue weighted by Gasteiger charge is -2.33. The van der Waals surface area contributed by atoms with Crippen LogP contribution in [0.15, 0.2) is 42.6 Å². The highest BCUT2D eigenvalue weighted by Crippen LogP contribution is 2.43. The van der Waals surface area contributed by atoms with Crippen LogP contribution in [0, 0.1) is 11.3 Å². The summed E-state index contributed by atoms with van der Waals surface area (Å²) < 4.78 is 5.76. The van der Waals surface area contributed by atoms with E-state index < -0.39 is 0 Å². The van der Waals surface area contributed by atoms with Gasteiger partial charge in [-0.3, -0.25) is 4.90 Å². The van der Waals surface area contributed by atoms with Crippen LogP contribution < -0.4 is 10.1 Å². The molecule has 3 aromatic rings. The molecule has 5 rings (SSSR count). The van der Waals surface area contributed by atoms with Crippen molar-refractivity contribution >= 4 is 11.3 Å². The highest BCUT2D eigenvalue weighted by molar-refractivity contribution is 7.18. The highest BCUT2D eigenvalue weighted by atomic mass is 32.1.